The van der Waals surface area contributed by atoms with Crippen molar-refractivity contribution < 1.29 is 0 Å². The minimum Gasteiger partial charge on any atom is -0.281 e. The third-order valence-corrected chi connectivity index (χ3v) is 2.84. The fraction of sp³-hybridized carbons (Fsp3) is 0.500. The summed E-state index contributed by atoms with van der Waals surface area (Å²) in [6.45, 7) is 6.28. The third kappa shape index (κ3) is 1.98. The molecule has 0 spiro atoms. The average molecular weight is 241 g/mol. The van der Waals surface area contributed by atoms with E-state index >= 15 is 0 Å². The van der Waals surface area contributed by atoms with Gasteiger partial charge in [-0.05, 0) is 23.8 Å². The van der Waals surface area contributed by atoms with Gasteiger partial charge in [0.25, 0.3) is 0 Å². The summed E-state index contributed by atoms with van der Waals surface area (Å²) < 4.78 is 4.40. The zero-order valence-electron chi connectivity index (χ0n) is 8.66. The van der Waals surface area contributed by atoms with Gasteiger partial charge in [0.15, 0.2) is 5.82 Å². The molecule has 0 aromatic carbocycles. The number of H-pyrrole nitrogens is 2. The molecule has 0 radical (unpaired) electrons. The molecule has 5 nitrogen and oxygen atoms in total. The number of aromatic nitrogens is 5. The molecule has 0 atom stereocenters. The number of hydrogen-bond acceptors (Lipinski definition) is 5. The maximum absolute atomic E-state index is 4.91. The van der Waals surface area contributed by atoms with Crippen molar-refractivity contribution in [3.63, 3.8) is 0 Å². The molecule has 0 amide bonds. The highest BCUT2D eigenvalue weighted by molar-refractivity contribution is 7.71. The normalized spacial score (nSPS) is 11.9. The number of aromatic amines is 2. The molecule has 15 heavy (non-hydrogen) atoms. The minimum absolute atomic E-state index is 0.0449. The molecule has 0 saturated heterocycles. The SMILES string of the molecule is CC(C)(C)c1nnsc1-c1nc(=S)[nH][nH]1. The van der Waals surface area contributed by atoms with Crippen molar-refractivity contribution in [2.45, 2.75) is 26.2 Å². The monoisotopic (exact) mass is 241 g/mol. The number of hydrogen-bond donors (Lipinski definition) is 2. The first-order valence-corrected chi connectivity index (χ1v) is 5.64. The molecule has 0 aliphatic rings. The van der Waals surface area contributed by atoms with Crippen molar-refractivity contribution >= 4 is 23.8 Å². The lowest BCUT2D eigenvalue weighted by molar-refractivity contribution is 0.568. The second kappa shape index (κ2) is 3.49. The van der Waals surface area contributed by atoms with E-state index in [-0.39, 0.29) is 5.41 Å². The topological polar surface area (TPSA) is 70.2 Å². The Morgan fingerprint density at radius 2 is 2.00 bits per heavy atom. The van der Waals surface area contributed by atoms with Gasteiger partial charge in [-0.1, -0.05) is 25.3 Å². The van der Waals surface area contributed by atoms with Gasteiger partial charge >= 0.3 is 0 Å². The molecular weight excluding hydrogens is 230 g/mol. The summed E-state index contributed by atoms with van der Waals surface area (Å²) in [5.74, 6) is 0.708. The van der Waals surface area contributed by atoms with E-state index in [1.54, 1.807) is 0 Å². The minimum atomic E-state index is -0.0449. The van der Waals surface area contributed by atoms with Gasteiger partial charge in [-0.25, -0.2) is 0 Å². The van der Waals surface area contributed by atoms with Crippen molar-refractivity contribution in [3.8, 4) is 10.7 Å². The van der Waals surface area contributed by atoms with Gasteiger partial charge in [-0.15, -0.1) is 5.10 Å². The van der Waals surface area contributed by atoms with E-state index in [9.17, 15) is 0 Å². The molecule has 2 N–H and O–H groups in total. The van der Waals surface area contributed by atoms with Crippen molar-refractivity contribution in [2.24, 2.45) is 0 Å². The number of rotatable bonds is 1. The van der Waals surface area contributed by atoms with Crippen LogP contribution in [0.4, 0.5) is 0 Å². The van der Waals surface area contributed by atoms with Gasteiger partial charge < -0.3 is 0 Å². The van der Waals surface area contributed by atoms with E-state index in [1.807, 2.05) is 0 Å². The lowest BCUT2D eigenvalue weighted by Crippen LogP contribution is -2.13. The van der Waals surface area contributed by atoms with E-state index in [1.165, 1.54) is 11.5 Å². The number of nitrogens with zero attached hydrogens (tertiary/aromatic N) is 3. The van der Waals surface area contributed by atoms with E-state index < -0.39 is 0 Å². The van der Waals surface area contributed by atoms with E-state index in [0.29, 0.717) is 10.6 Å². The van der Waals surface area contributed by atoms with E-state index in [4.69, 9.17) is 12.2 Å². The summed E-state index contributed by atoms with van der Waals surface area (Å²) in [5, 5.41) is 9.81. The second-order valence-electron chi connectivity index (χ2n) is 4.22. The number of nitrogens with one attached hydrogen (secondary N) is 2. The summed E-state index contributed by atoms with van der Waals surface area (Å²) in [6, 6.07) is 0. The van der Waals surface area contributed by atoms with E-state index in [0.717, 1.165) is 10.6 Å². The Labute approximate surface area is 96.1 Å². The van der Waals surface area contributed by atoms with Gasteiger partial charge in [0.1, 0.15) is 4.88 Å². The van der Waals surface area contributed by atoms with Crippen LogP contribution in [0.1, 0.15) is 26.5 Å². The van der Waals surface area contributed by atoms with Crippen LogP contribution in [-0.4, -0.2) is 24.8 Å². The maximum atomic E-state index is 4.91. The van der Waals surface area contributed by atoms with Crippen LogP contribution in [0, 0.1) is 4.77 Å². The molecule has 0 fully saturated rings. The van der Waals surface area contributed by atoms with Crippen LogP contribution in [0.5, 0.6) is 0 Å². The van der Waals surface area contributed by atoms with Gasteiger partial charge in [-0.2, -0.15) is 4.98 Å². The van der Waals surface area contributed by atoms with E-state index in [2.05, 4.69) is 45.5 Å². The maximum Gasteiger partial charge on any atom is 0.213 e. The Kier molecular flexibility index (Phi) is 2.43. The molecule has 0 aliphatic carbocycles. The molecular formula is C8H11N5S2. The Balaban J connectivity index is 2.55. The van der Waals surface area contributed by atoms with Crippen LogP contribution in [0.15, 0.2) is 0 Å². The quantitative estimate of drug-likeness (QED) is 0.751. The first-order valence-electron chi connectivity index (χ1n) is 4.46. The van der Waals surface area contributed by atoms with Crippen molar-refractivity contribution in [1.82, 2.24) is 24.8 Å². The molecule has 2 aromatic heterocycles. The molecule has 2 heterocycles. The summed E-state index contributed by atoms with van der Waals surface area (Å²) in [7, 11) is 0. The first kappa shape index (κ1) is 10.4. The standard InChI is InChI=1S/C8H11N5S2/c1-8(2,3)5-4(15-13-10-5)6-9-7(14)12-11-6/h1-3H3,(H2,9,11,12,14). The van der Waals surface area contributed by atoms with Crippen molar-refractivity contribution in [1.29, 1.82) is 0 Å². The molecule has 80 valence electrons. The largest absolute Gasteiger partial charge is 0.281 e. The van der Waals surface area contributed by atoms with Gasteiger partial charge in [0, 0.05) is 5.41 Å². The van der Waals surface area contributed by atoms with Crippen molar-refractivity contribution in [3.05, 3.63) is 10.5 Å². The summed E-state index contributed by atoms with van der Waals surface area (Å²) in [6.07, 6.45) is 0. The lowest BCUT2D eigenvalue weighted by Gasteiger charge is -2.15. The molecule has 0 saturated carbocycles. The van der Waals surface area contributed by atoms with Crippen LogP contribution in [0.2, 0.25) is 0 Å². The lowest BCUT2D eigenvalue weighted by atomic mass is 9.91. The highest BCUT2D eigenvalue weighted by Gasteiger charge is 2.24. The highest BCUT2D eigenvalue weighted by atomic mass is 32.1. The molecule has 0 aliphatic heterocycles. The summed E-state index contributed by atoms with van der Waals surface area (Å²) in [5.41, 5.74) is 0.891. The summed E-state index contributed by atoms with van der Waals surface area (Å²) in [4.78, 5) is 5.10. The Morgan fingerprint density at radius 3 is 2.53 bits per heavy atom. The fourth-order valence-electron chi connectivity index (χ4n) is 1.21. The average Bonchev–Trinajstić information content (AvgIpc) is 2.68. The van der Waals surface area contributed by atoms with Crippen LogP contribution in [-0.2, 0) is 5.41 Å². The molecule has 0 unspecified atom stereocenters. The van der Waals surface area contributed by atoms with Gasteiger partial charge in [-0.3, -0.25) is 10.2 Å². The second-order valence-corrected chi connectivity index (χ2v) is 5.36. The van der Waals surface area contributed by atoms with Gasteiger partial charge in [0.2, 0.25) is 4.77 Å². The van der Waals surface area contributed by atoms with Crippen LogP contribution in [0.25, 0.3) is 10.7 Å². The van der Waals surface area contributed by atoms with Crippen LogP contribution in [0.3, 0.4) is 0 Å². The van der Waals surface area contributed by atoms with Crippen molar-refractivity contribution in [2.75, 3.05) is 0 Å². The van der Waals surface area contributed by atoms with Crippen LogP contribution >= 0.6 is 23.8 Å². The molecule has 0 bridgehead atoms. The Morgan fingerprint density at radius 1 is 1.27 bits per heavy atom. The molecule has 2 aromatic rings. The Hall–Kier alpha value is -1.08. The highest BCUT2D eigenvalue weighted by Crippen LogP contribution is 2.31. The summed E-state index contributed by atoms with van der Waals surface area (Å²) >= 11 is 6.23. The predicted octanol–water partition coefficient (Wildman–Crippen LogP) is 2.28. The zero-order chi connectivity index (χ0) is 11.1. The smallest absolute Gasteiger partial charge is 0.213 e. The molecule has 2 rings (SSSR count). The van der Waals surface area contributed by atoms with Gasteiger partial charge in [0.05, 0.1) is 5.69 Å². The predicted molar refractivity (Wildman–Crippen MR) is 61.4 cm³/mol. The first-order chi connectivity index (χ1) is 6.98. The van der Waals surface area contributed by atoms with Crippen LogP contribution < -0.4 is 0 Å². The zero-order valence-corrected chi connectivity index (χ0v) is 10.3. The third-order valence-electron chi connectivity index (χ3n) is 1.91. The Bertz CT molecular complexity index is 515. The molecule has 7 heteroatoms. The fourth-order valence-corrected chi connectivity index (χ4v) is 2.18.